The first-order valence-corrected chi connectivity index (χ1v) is 10.2. The van der Waals surface area contributed by atoms with E-state index in [1.165, 1.54) is 18.4 Å². The Bertz CT molecular complexity index is 925. The molecule has 2 aliphatic carbocycles. The third-order valence-corrected chi connectivity index (χ3v) is 6.59. The van der Waals surface area contributed by atoms with Crippen molar-refractivity contribution in [3.05, 3.63) is 58.5 Å². The number of imidazole rings is 1. The Hall–Kier alpha value is -1.72. The molecule has 2 aromatic heterocycles. The fourth-order valence-corrected chi connectivity index (χ4v) is 5.42. The number of aliphatic hydroxyl groups is 1. The van der Waals surface area contributed by atoms with Gasteiger partial charge in [-0.25, -0.2) is 9.97 Å². The van der Waals surface area contributed by atoms with Gasteiger partial charge in [-0.15, -0.1) is 0 Å². The molecular formula is C21H22BrN3O. The number of aromatic nitrogens is 3. The topological polar surface area (TPSA) is 50.9 Å². The summed E-state index contributed by atoms with van der Waals surface area (Å²) < 4.78 is 3.34. The second-order valence-electron chi connectivity index (χ2n) is 7.79. The zero-order chi connectivity index (χ0) is 17.7. The van der Waals surface area contributed by atoms with Gasteiger partial charge in [0.25, 0.3) is 0 Å². The Balaban J connectivity index is 1.64. The van der Waals surface area contributed by atoms with Crippen LogP contribution in [0.4, 0.5) is 0 Å². The van der Waals surface area contributed by atoms with Crippen molar-refractivity contribution in [1.29, 1.82) is 0 Å². The van der Waals surface area contributed by atoms with Crippen LogP contribution in [0.3, 0.4) is 0 Å². The van der Waals surface area contributed by atoms with Gasteiger partial charge in [0, 0.05) is 23.1 Å². The number of fused-ring (bicyclic) bond motifs is 3. The van der Waals surface area contributed by atoms with E-state index in [-0.39, 0.29) is 6.10 Å². The highest BCUT2D eigenvalue weighted by Crippen LogP contribution is 2.52. The predicted molar refractivity (Wildman–Crippen MR) is 105 cm³/mol. The smallest absolute Gasteiger partial charge is 0.177 e. The predicted octanol–water partition coefficient (Wildman–Crippen LogP) is 4.51. The van der Waals surface area contributed by atoms with Gasteiger partial charge in [-0.05, 0) is 65.1 Å². The Morgan fingerprint density at radius 3 is 2.58 bits per heavy atom. The average Bonchev–Trinajstić information content (AvgIpc) is 3.10. The Kier molecular flexibility index (Phi) is 4.09. The first-order valence-electron chi connectivity index (χ1n) is 9.42. The van der Waals surface area contributed by atoms with Crippen molar-refractivity contribution in [2.45, 2.75) is 44.2 Å². The molecule has 4 nitrogen and oxygen atoms in total. The minimum atomic E-state index is -0.136. The van der Waals surface area contributed by atoms with Crippen LogP contribution in [0.5, 0.6) is 0 Å². The van der Waals surface area contributed by atoms with Crippen molar-refractivity contribution in [3.63, 3.8) is 0 Å². The molecule has 2 bridgehead atoms. The summed E-state index contributed by atoms with van der Waals surface area (Å²) in [5, 5.41) is 10.2. The van der Waals surface area contributed by atoms with Crippen LogP contribution in [-0.4, -0.2) is 25.7 Å². The quantitative estimate of drug-likeness (QED) is 0.689. The SMILES string of the molecule is OC1CC2CCC(C1)C2c1nc2ncc(Br)cc2n1Cc1ccccc1. The standard InChI is InChI=1S/C21H22BrN3O/c22-16-10-18-20(23-11-16)24-21(25(18)12-13-4-2-1-3-5-13)19-14-6-7-15(19)9-17(26)8-14/h1-5,10-11,14-15,17,19,26H,6-9,12H2. The van der Waals surface area contributed by atoms with E-state index in [4.69, 9.17) is 4.98 Å². The maximum absolute atomic E-state index is 10.2. The lowest BCUT2D eigenvalue weighted by Crippen LogP contribution is -2.29. The summed E-state index contributed by atoms with van der Waals surface area (Å²) in [5.74, 6) is 2.68. The molecular weight excluding hydrogens is 390 g/mol. The Morgan fingerprint density at radius 1 is 1.12 bits per heavy atom. The van der Waals surface area contributed by atoms with Crippen molar-refractivity contribution in [1.82, 2.24) is 14.5 Å². The molecule has 2 heterocycles. The Labute approximate surface area is 161 Å². The molecule has 2 atom stereocenters. The van der Waals surface area contributed by atoms with E-state index in [0.29, 0.717) is 17.8 Å². The van der Waals surface area contributed by atoms with E-state index in [0.717, 1.165) is 40.8 Å². The molecule has 0 aliphatic heterocycles. The molecule has 2 unspecified atom stereocenters. The van der Waals surface area contributed by atoms with E-state index in [2.05, 4.69) is 61.9 Å². The van der Waals surface area contributed by atoms with Gasteiger partial charge < -0.3 is 9.67 Å². The first-order chi connectivity index (χ1) is 12.7. The molecule has 0 saturated heterocycles. The Morgan fingerprint density at radius 2 is 1.85 bits per heavy atom. The lowest BCUT2D eigenvalue weighted by molar-refractivity contribution is 0.0810. The van der Waals surface area contributed by atoms with Gasteiger partial charge in [0.1, 0.15) is 5.82 Å². The molecule has 1 N–H and O–H groups in total. The van der Waals surface area contributed by atoms with E-state index >= 15 is 0 Å². The number of aliphatic hydroxyl groups excluding tert-OH is 1. The van der Waals surface area contributed by atoms with Crippen LogP contribution >= 0.6 is 15.9 Å². The van der Waals surface area contributed by atoms with Crippen molar-refractivity contribution < 1.29 is 5.11 Å². The number of hydrogen-bond acceptors (Lipinski definition) is 3. The normalized spacial score (nSPS) is 27.9. The minimum absolute atomic E-state index is 0.136. The molecule has 2 fully saturated rings. The van der Waals surface area contributed by atoms with Crippen LogP contribution in [0.25, 0.3) is 11.2 Å². The second-order valence-corrected chi connectivity index (χ2v) is 8.70. The largest absolute Gasteiger partial charge is 0.393 e. The molecule has 2 saturated carbocycles. The lowest BCUT2D eigenvalue weighted by atomic mass is 9.76. The summed E-state index contributed by atoms with van der Waals surface area (Å²) >= 11 is 3.56. The van der Waals surface area contributed by atoms with Gasteiger partial charge in [0.05, 0.1) is 11.6 Å². The number of rotatable bonds is 3. The van der Waals surface area contributed by atoms with E-state index in [1.807, 2.05) is 6.20 Å². The second kappa shape index (κ2) is 6.46. The van der Waals surface area contributed by atoms with Crippen molar-refractivity contribution in [2.24, 2.45) is 11.8 Å². The maximum Gasteiger partial charge on any atom is 0.177 e. The van der Waals surface area contributed by atoms with Crippen LogP contribution in [0, 0.1) is 11.8 Å². The monoisotopic (exact) mass is 411 g/mol. The van der Waals surface area contributed by atoms with Gasteiger partial charge in [-0.3, -0.25) is 0 Å². The average molecular weight is 412 g/mol. The molecule has 134 valence electrons. The first kappa shape index (κ1) is 16.5. The summed E-state index contributed by atoms with van der Waals surface area (Å²) in [6.45, 7) is 0.809. The third kappa shape index (κ3) is 2.78. The fourth-order valence-electron chi connectivity index (χ4n) is 5.10. The summed E-state index contributed by atoms with van der Waals surface area (Å²) in [7, 11) is 0. The van der Waals surface area contributed by atoms with E-state index in [9.17, 15) is 5.11 Å². The molecule has 1 aromatic carbocycles. The number of pyridine rings is 1. The summed E-state index contributed by atoms with van der Waals surface area (Å²) in [4.78, 5) is 9.54. The van der Waals surface area contributed by atoms with Crippen molar-refractivity contribution in [3.8, 4) is 0 Å². The number of benzene rings is 1. The lowest BCUT2D eigenvalue weighted by Gasteiger charge is -2.33. The zero-order valence-electron chi connectivity index (χ0n) is 14.6. The van der Waals surface area contributed by atoms with Crippen molar-refractivity contribution >= 4 is 27.1 Å². The van der Waals surface area contributed by atoms with Crippen LogP contribution in [0.2, 0.25) is 0 Å². The highest BCUT2D eigenvalue weighted by atomic mass is 79.9. The van der Waals surface area contributed by atoms with Gasteiger partial charge in [0.15, 0.2) is 5.65 Å². The van der Waals surface area contributed by atoms with Crippen LogP contribution in [0.15, 0.2) is 47.1 Å². The highest BCUT2D eigenvalue weighted by molar-refractivity contribution is 9.10. The molecule has 26 heavy (non-hydrogen) atoms. The number of halogens is 1. The third-order valence-electron chi connectivity index (χ3n) is 6.16. The minimum Gasteiger partial charge on any atom is -0.393 e. The fraction of sp³-hybridized carbons (Fsp3) is 0.429. The molecule has 0 amide bonds. The summed E-state index contributed by atoms with van der Waals surface area (Å²) in [6.07, 6.45) is 5.92. The van der Waals surface area contributed by atoms with Crippen LogP contribution in [-0.2, 0) is 6.54 Å². The van der Waals surface area contributed by atoms with Crippen molar-refractivity contribution in [2.75, 3.05) is 0 Å². The molecule has 3 aromatic rings. The summed E-state index contributed by atoms with van der Waals surface area (Å²) in [5.41, 5.74) is 3.18. The number of nitrogens with zero attached hydrogens (tertiary/aromatic N) is 3. The highest BCUT2D eigenvalue weighted by Gasteiger charge is 2.45. The number of hydrogen-bond donors (Lipinski definition) is 1. The van der Waals surface area contributed by atoms with Gasteiger partial charge in [-0.2, -0.15) is 0 Å². The van der Waals surface area contributed by atoms with Crippen LogP contribution in [0.1, 0.15) is 43.0 Å². The molecule has 5 rings (SSSR count). The molecule has 0 radical (unpaired) electrons. The van der Waals surface area contributed by atoms with Gasteiger partial charge in [0.2, 0.25) is 0 Å². The molecule has 2 aliphatic rings. The van der Waals surface area contributed by atoms with Gasteiger partial charge >= 0.3 is 0 Å². The summed E-state index contributed by atoms with van der Waals surface area (Å²) in [6, 6.07) is 12.7. The zero-order valence-corrected chi connectivity index (χ0v) is 16.1. The molecule has 5 heteroatoms. The van der Waals surface area contributed by atoms with E-state index in [1.54, 1.807) is 0 Å². The van der Waals surface area contributed by atoms with Gasteiger partial charge in [-0.1, -0.05) is 30.3 Å². The maximum atomic E-state index is 10.2. The van der Waals surface area contributed by atoms with Crippen LogP contribution < -0.4 is 0 Å². The van der Waals surface area contributed by atoms with E-state index < -0.39 is 0 Å². The molecule has 0 spiro atoms.